The number of anilines is 2. The second kappa shape index (κ2) is 9.01. The minimum absolute atomic E-state index is 0.0961. The molecule has 1 fully saturated rings. The van der Waals surface area contributed by atoms with E-state index < -0.39 is 11.9 Å². The molecule has 0 bridgehead atoms. The lowest BCUT2D eigenvalue weighted by Crippen LogP contribution is -2.37. The summed E-state index contributed by atoms with van der Waals surface area (Å²) in [7, 11) is 0. The minimum Gasteiger partial charge on any atom is -0.486 e. The van der Waals surface area contributed by atoms with Crippen molar-refractivity contribution in [1.29, 1.82) is 0 Å². The number of aromatic nitrogens is 1. The quantitative estimate of drug-likeness (QED) is 0.774. The van der Waals surface area contributed by atoms with E-state index in [0.717, 1.165) is 6.07 Å². The fourth-order valence-corrected chi connectivity index (χ4v) is 3.47. The van der Waals surface area contributed by atoms with Crippen LogP contribution in [0.5, 0.6) is 11.5 Å². The van der Waals surface area contributed by atoms with E-state index in [-0.39, 0.29) is 24.6 Å². The number of fused-ring (bicyclic) bond motifs is 1. The van der Waals surface area contributed by atoms with Gasteiger partial charge in [0.05, 0.1) is 13.2 Å². The maximum Gasteiger partial charge on any atom is 0.433 e. The van der Waals surface area contributed by atoms with Gasteiger partial charge in [-0.2, -0.15) is 13.2 Å². The maximum absolute atomic E-state index is 13.2. The number of nitrogens with one attached hydrogen (secondary N) is 1. The molecule has 0 spiro atoms. The number of halogens is 3. The highest BCUT2D eigenvalue weighted by Crippen LogP contribution is 2.33. The molecule has 4 rings (SSSR count). The molecule has 0 radical (unpaired) electrons. The Morgan fingerprint density at radius 3 is 2.52 bits per heavy atom. The average Bonchev–Trinajstić information content (AvgIpc) is 2.77. The molecule has 0 unspecified atom stereocenters. The summed E-state index contributed by atoms with van der Waals surface area (Å²) in [6.45, 7) is 2.65. The zero-order valence-electron chi connectivity index (χ0n) is 16.7. The van der Waals surface area contributed by atoms with Gasteiger partial charge < -0.3 is 24.4 Å². The summed E-state index contributed by atoms with van der Waals surface area (Å²) in [6, 6.07) is 7.48. The van der Waals surface area contributed by atoms with E-state index in [1.165, 1.54) is 6.07 Å². The van der Waals surface area contributed by atoms with Crippen molar-refractivity contribution in [2.24, 2.45) is 0 Å². The molecule has 1 saturated heterocycles. The van der Waals surface area contributed by atoms with Crippen LogP contribution >= 0.6 is 0 Å². The second-order valence-electron chi connectivity index (χ2n) is 7.18. The molecular formula is C21H22F3N3O4. The van der Waals surface area contributed by atoms with Gasteiger partial charge >= 0.3 is 6.18 Å². The number of ether oxygens (including phenoxy) is 3. The van der Waals surface area contributed by atoms with Crippen molar-refractivity contribution >= 4 is 17.4 Å². The van der Waals surface area contributed by atoms with Gasteiger partial charge in [0, 0.05) is 31.3 Å². The molecule has 0 aliphatic carbocycles. The standard InChI is InChI=1S/C21H22F3N3O4/c22-21(23,24)18-5-1-14(20(26-18)27-7-9-29-10-8-27)2-6-19(28)25-15-3-4-16-17(13-15)31-12-11-30-16/h1,3-5,13H,2,6-12H2,(H,25,28). The molecule has 2 aromatic rings. The number of morpholine rings is 1. The molecule has 1 amide bonds. The number of carbonyl (C=O) groups is 1. The van der Waals surface area contributed by atoms with Crippen molar-refractivity contribution in [1.82, 2.24) is 4.98 Å². The Bertz CT molecular complexity index is 946. The third kappa shape index (κ3) is 5.19. The van der Waals surface area contributed by atoms with Gasteiger partial charge in [-0.3, -0.25) is 4.79 Å². The van der Waals surface area contributed by atoms with Crippen LogP contribution in [0.15, 0.2) is 30.3 Å². The van der Waals surface area contributed by atoms with Crippen molar-refractivity contribution < 1.29 is 32.2 Å². The van der Waals surface area contributed by atoms with Crippen LogP contribution in [0.2, 0.25) is 0 Å². The number of benzene rings is 1. The smallest absolute Gasteiger partial charge is 0.433 e. The van der Waals surface area contributed by atoms with Crippen LogP contribution in [0.1, 0.15) is 17.7 Å². The predicted octanol–water partition coefficient (Wildman–Crippen LogP) is 3.28. The van der Waals surface area contributed by atoms with Crippen LogP contribution in [0.3, 0.4) is 0 Å². The van der Waals surface area contributed by atoms with Crippen molar-refractivity contribution in [3.05, 3.63) is 41.6 Å². The highest BCUT2D eigenvalue weighted by atomic mass is 19.4. The van der Waals surface area contributed by atoms with Gasteiger partial charge in [0.15, 0.2) is 11.5 Å². The number of aryl methyl sites for hydroxylation is 1. The summed E-state index contributed by atoms with van der Waals surface area (Å²) in [4.78, 5) is 18.1. The van der Waals surface area contributed by atoms with E-state index in [2.05, 4.69) is 10.3 Å². The van der Waals surface area contributed by atoms with Crippen molar-refractivity contribution in [2.75, 3.05) is 49.7 Å². The highest BCUT2D eigenvalue weighted by Gasteiger charge is 2.33. The zero-order valence-corrected chi connectivity index (χ0v) is 16.7. The summed E-state index contributed by atoms with van der Waals surface area (Å²) < 4.78 is 55.7. The first-order chi connectivity index (χ1) is 14.9. The van der Waals surface area contributed by atoms with Crippen LogP contribution in [-0.2, 0) is 22.1 Å². The number of rotatable bonds is 5. The third-order valence-corrected chi connectivity index (χ3v) is 5.00. The SMILES string of the molecule is O=C(CCc1ccc(C(F)(F)F)nc1N1CCOCC1)Nc1ccc2c(c1)OCCO2. The average molecular weight is 437 g/mol. The lowest BCUT2D eigenvalue weighted by atomic mass is 10.1. The molecule has 2 aliphatic heterocycles. The predicted molar refractivity (Wildman–Crippen MR) is 107 cm³/mol. The normalized spacial score (nSPS) is 16.2. The van der Waals surface area contributed by atoms with Crippen LogP contribution in [0.4, 0.5) is 24.7 Å². The van der Waals surface area contributed by atoms with Gasteiger partial charge in [0.2, 0.25) is 5.91 Å². The molecule has 7 nitrogen and oxygen atoms in total. The molecule has 0 saturated carbocycles. The van der Waals surface area contributed by atoms with Gasteiger partial charge in [-0.1, -0.05) is 6.07 Å². The topological polar surface area (TPSA) is 72.9 Å². The Morgan fingerprint density at radius 2 is 1.77 bits per heavy atom. The van der Waals surface area contributed by atoms with Gasteiger partial charge in [0.25, 0.3) is 0 Å². The van der Waals surface area contributed by atoms with Crippen molar-refractivity contribution in [3.8, 4) is 11.5 Å². The zero-order chi connectivity index (χ0) is 21.8. The first-order valence-corrected chi connectivity index (χ1v) is 9.99. The third-order valence-electron chi connectivity index (χ3n) is 5.00. The maximum atomic E-state index is 13.2. The summed E-state index contributed by atoms with van der Waals surface area (Å²) in [6.07, 6.45) is -4.18. The first-order valence-electron chi connectivity index (χ1n) is 9.99. The van der Waals surface area contributed by atoms with E-state index >= 15 is 0 Å². The van der Waals surface area contributed by atoms with Gasteiger partial charge in [-0.25, -0.2) is 4.98 Å². The summed E-state index contributed by atoms with van der Waals surface area (Å²) in [5, 5.41) is 2.79. The Labute approximate surface area is 177 Å². The van der Waals surface area contributed by atoms with Crippen molar-refractivity contribution in [3.63, 3.8) is 0 Å². The van der Waals surface area contributed by atoms with E-state index in [1.54, 1.807) is 23.1 Å². The lowest BCUT2D eigenvalue weighted by Gasteiger charge is -2.30. The van der Waals surface area contributed by atoms with E-state index in [9.17, 15) is 18.0 Å². The summed E-state index contributed by atoms with van der Waals surface area (Å²) in [5.74, 6) is 1.18. The second-order valence-corrected chi connectivity index (χ2v) is 7.18. The lowest BCUT2D eigenvalue weighted by molar-refractivity contribution is -0.141. The number of hydrogen-bond acceptors (Lipinski definition) is 6. The van der Waals surface area contributed by atoms with E-state index in [0.29, 0.717) is 62.3 Å². The molecule has 0 atom stereocenters. The number of hydrogen-bond donors (Lipinski definition) is 1. The van der Waals surface area contributed by atoms with Crippen LogP contribution in [0.25, 0.3) is 0 Å². The van der Waals surface area contributed by atoms with Crippen LogP contribution in [0, 0.1) is 0 Å². The molecular weight excluding hydrogens is 415 g/mol. The molecule has 31 heavy (non-hydrogen) atoms. The number of carbonyl (C=O) groups excluding carboxylic acids is 1. The summed E-state index contributed by atoms with van der Waals surface area (Å²) >= 11 is 0. The highest BCUT2D eigenvalue weighted by molar-refractivity contribution is 5.91. The molecule has 166 valence electrons. The minimum atomic E-state index is -4.53. The monoisotopic (exact) mass is 437 g/mol. The molecule has 1 N–H and O–H groups in total. The number of alkyl halides is 3. The number of amides is 1. The largest absolute Gasteiger partial charge is 0.486 e. The molecule has 1 aromatic carbocycles. The fraction of sp³-hybridized carbons (Fsp3) is 0.429. The Morgan fingerprint density at radius 1 is 1.03 bits per heavy atom. The van der Waals surface area contributed by atoms with Gasteiger partial charge in [-0.05, 0) is 30.2 Å². The van der Waals surface area contributed by atoms with E-state index in [4.69, 9.17) is 14.2 Å². The molecule has 3 heterocycles. The first kappa shape index (κ1) is 21.2. The molecule has 1 aromatic heterocycles. The molecule has 10 heteroatoms. The number of pyridine rings is 1. The van der Waals surface area contributed by atoms with Gasteiger partial charge in [-0.15, -0.1) is 0 Å². The van der Waals surface area contributed by atoms with Crippen molar-refractivity contribution in [2.45, 2.75) is 19.0 Å². The van der Waals surface area contributed by atoms with Crippen LogP contribution < -0.4 is 19.7 Å². The molecule has 2 aliphatic rings. The Balaban J connectivity index is 1.45. The fourth-order valence-electron chi connectivity index (χ4n) is 3.47. The van der Waals surface area contributed by atoms with Crippen LogP contribution in [-0.4, -0.2) is 50.4 Å². The number of nitrogens with zero attached hydrogens (tertiary/aromatic N) is 2. The van der Waals surface area contributed by atoms with E-state index in [1.807, 2.05) is 0 Å². The summed E-state index contributed by atoms with van der Waals surface area (Å²) in [5.41, 5.74) is 0.207. The Hall–Kier alpha value is -3.01. The van der Waals surface area contributed by atoms with Gasteiger partial charge in [0.1, 0.15) is 24.7 Å². The Kier molecular flexibility index (Phi) is 6.17.